The number of carboxylic acid groups (broad SMARTS) is 1. The number of urea groups is 1. The van der Waals surface area contributed by atoms with Crippen molar-refractivity contribution in [3.8, 4) is 12.3 Å². The molecule has 0 bridgehead atoms. The summed E-state index contributed by atoms with van der Waals surface area (Å²) in [6.07, 6.45) is 5.43. The van der Waals surface area contributed by atoms with E-state index in [1.807, 2.05) is 0 Å². The van der Waals surface area contributed by atoms with Gasteiger partial charge in [-0.05, 0) is 5.41 Å². The first kappa shape index (κ1) is 14.3. The first-order valence-corrected chi connectivity index (χ1v) is 4.99. The summed E-state index contributed by atoms with van der Waals surface area (Å²) < 4.78 is 0. The van der Waals surface area contributed by atoms with Gasteiger partial charge in [0.25, 0.3) is 0 Å². The van der Waals surface area contributed by atoms with Crippen LogP contribution in [0.2, 0.25) is 0 Å². The fourth-order valence-electron chi connectivity index (χ4n) is 1.08. The molecule has 0 aliphatic rings. The predicted molar refractivity (Wildman–Crippen MR) is 60.9 cm³/mol. The second-order valence-corrected chi connectivity index (χ2v) is 4.49. The first-order valence-electron chi connectivity index (χ1n) is 4.99. The molecule has 0 aromatic rings. The minimum Gasteiger partial charge on any atom is -0.480 e. The smallest absolute Gasteiger partial charge is 0.326 e. The molecule has 0 spiro atoms. The Morgan fingerprint density at radius 2 is 2.00 bits per heavy atom. The molecule has 3 N–H and O–H groups in total. The molecular formula is C11H18N2O3. The standard InChI is InChI=1S/C11H18N2O3/c1-5-6-7-12-10(16)13-8(9(14)15)11(2,3)4/h1,8H,6-7H2,2-4H3,(H,14,15)(H2,12,13,16). The van der Waals surface area contributed by atoms with E-state index >= 15 is 0 Å². The number of terminal acetylenes is 1. The van der Waals surface area contributed by atoms with Crippen LogP contribution in [0.5, 0.6) is 0 Å². The summed E-state index contributed by atoms with van der Waals surface area (Å²) in [5.74, 6) is 1.31. The maximum absolute atomic E-state index is 11.3. The number of rotatable bonds is 4. The summed E-state index contributed by atoms with van der Waals surface area (Å²) in [4.78, 5) is 22.3. The average molecular weight is 226 g/mol. The van der Waals surface area contributed by atoms with Crippen molar-refractivity contribution in [2.45, 2.75) is 33.2 Å². The zero-order valence-corrected chi connectivity index (χ0v) is 9.83. The van der Waals surface area contributed by atoms with Crippen molar-refractivity contribution in [1.82, 2.24) is 10.6 Å². The third kappa shape index (κ3) is 5.25. The third-order valence-corrected chi connectivity index (χ3v) is 1.94. The van der Waals surface area contributed by atoms with Gasteiger partial charge in [0, 0.05) is 13.0 Å². The summed E-state index contributed by atoms with van der Waals surface area (Å²) >= 11 is 0. The number of carbonyl (C=O) groups is 2. The van der Waals surface area contributed by atoms with E-state index in [1.54, 1.807) is 20.8 Å². The van der Waals surface area contributed by atoms with Crippen LogP contribution in [0.4, 0.5) is 4.79 Å². The number of nitrogens with one attached hydrogen (secondary N) is 2. The largest absolute Gasteiger partial charge is 0.480 e. The molecule has 0 fully saturated rings. The molecule has 0 aromatic heterocycles. The van der Waals surface area contributed by atoms with Gasteiger partial charge in [-0.25, -0.2) is 9.59 Å². The summed E-state index contributed by atoms with van der Waals surface area (Å²) in [6.45, 7) is 5.56. The topological polar surface area (TPSA) is 78.4 Å². The molecule has 1 atom stereocenters. The highest BCUT2D eigenvalue weighted by molar-refractivity contribution is 5.83. The lowest BCUT2D eigenvalue weighted by Crippen LogP contribution is -2.52. The van der Waals surface area contributed by atoms with Gasteiger partial charge in [-0.15, -0.1) is 12.3 Å². The highest BCUT2D eigenvalue weighted by Gasteiger charge is 2.32. The van der Waals surface area contributed by atoms with Crippen LogP contribution in [0.3, 0.4) is 0 Å². The van der Waals surface area contributed by atoms with E-state index in [-0.39, 0.29) is 0 Å². The molecule has 5 heteroatoms. The molecule has 0 rings (SSSR count). The minimum absolute atomic E-state index is 0.332. The Hall–Kier alpha value is -1.70. The Kier molecular flexibility index (Phi) is 5.37. The highest BCUT2D eigenvalue weighted by Crippen LogP contribution is 2.19. The zero-order chi connectivity index (χ0) is 12.8. The molecule has 0 aliphatic carbocycles. The lowest BCUT2D eigenvalue weighted by Gasteiger charge is -2.27. The quantitative estimate of drug-likeness (QED) is 0.490. The van der Waals surface area contributed by atoms with Crippen LogP contribution >= 0.6 is 0 Å². The number of aliphatic carboxylic acids is 1. The summed E-state index contributed by atoms with van der Waals surface area (Å²) in [5.41, 5.74) is -0.546. The van der Waals surface area contributed by atoms with Gasteiger partial charge < -0.3 is 15.7 Å². The van der Waals surface area contributed by atoms with E-state index in [9.17, 15) is 9.59 Å². The van der Waals surface area contributed by atoms with E-state index in [2.05, 4.69) is 16.6 Å². The van der Waals surface area contributed by atoms with Crippen molar-refractivity contribution in [1.29, 1.82) is 0 Å². The van der Waals surface area contributed by atoms with E-state index in [0.717, 1.165) is 0 Å². The summed E-state index contributed by atoms with van der Waals surface area (Å²) in [6, 6.07) is -1.45. The molecular weight excluding hydrogens is 208 g/mol. The van der Waals surface area contributed by atoms with Crippen molar-refractivity contribution in [3.05, 3.63) is 0 Å². The fraction of sp³-hybridized carbons (Fsp3) is 0.636. The van der Waals surface area contributed by atoms with Gasteiger partial charge in [0.15, 0.2) is 0 Å². The van der Waals surface area contributed by atoms with Crippen LogP contribution in [0, 0.1) is 17.8 Å². The molecule has 0 saturated heterocycles. The molecule has 1 unspecified atom stereocenters. The van der Waals surface area contributed by atoms with Crippen molar-refractivity contribution >= 4 is 12.0 Å². The lowest BCUT2D eigenvalue weighted by atomic mass is 9.87. The normalized spacial score (nSPS) is 12.4. The fourth-order valence-corrected chi connectivity index (χ4v) is 1.08. The van der Waals surface area contributed by atoms with Gasteiger partial charge >= 0.3 is 12.0 Å². The number of hydrogen-bond donors (Lipinski definition) is 3. The Balaban J connectivity index is 4.27. The monoisotopic (exact) mass is 226 g/mol. The van der Waals surface area contributed by atoms with Crippen LogP contribution in [0.15, 0.2) is 0 Å². The second-order valence-electron chi connectivity index (χ2n) is 4.49. The Bertz CT molecular complexity index is 299. The van der Waals surface area contributed by atoms with Gasteiger partial charge in [-0.3, -0.25) is 0 Å². The highest BCUT2D eigenvalue weighted by atomic mass is 16.4. The van der Waals surface area contributed by atoms with Crippen molar-refractivity contribution < 1.29 is 14.7 Å². The number of carboxylic acids is 1. The van der Waals surface area contributed by atoms with Crippen molar-refractivity contribution in [2.24, 2.45) is 5.41 Å². The summed E-state index contributed by atoms with van der Waals surface area (Å²) in [5, 5.41) is 13.8. The first-order chi connectivity index (χ1) is 7.29. The number of hydrogen-bond acceptors (Lipinski definition) is 2. The second kappa shape index (κ2) is 6.01. The SMILES string of the molecule is C#CCCNC(=O)NC(C(=O)O)C(C)(C)C. The van der Waals surface area contributed by atoms with Gasteiger partial charge in [0.1, 0.15) is 6.04 Å². The molecule has 0 saturated carbocycles. The van der Waals surface area contributed by atoms with Crippen LogP contribution in [0.1, 0.15) is 27.2 Å². The van der Waals surface area contributed by atoms with Crippen molar-refractivity contribution in [3.63, 3.8) is 0 Å². The predicted octanol–water partition coefficient (Wildman–Crippen LogP) is 0.808. The van der Waals surface area contributed by atoms with E-state index < -0.39 is 23.5 Å². The molecule has 0 aliphatic heterocycles. The number of amides is 2. The third-order valence-electron chi connectivity index (χ3n) is 1.94. The molecule has 16 heavy (non-hydrogen) atoms. The maximum Gasteiger partial charge on any atom is 0.326 e. The summed E-state index contributed by atoms with van der Waals surface area (Å²) in [7, 11) is 0. The molecule has 0 aromatic carbocycles. The number of carbonyl (C=O) groups excluding carboxylic acids is 1. The molecule has 0 radical (unpaired) electrons. The Morgan fingerprint density at radius 3 is 2.38 bits per heavy atom. The van der Waals surface area contributed by atoms with E-state index in [4.69, 9.17) is 11.5 Å². The van der Waals surface area contributed by atoms with Gasteiger partial charge in [-0.2, -0.15) is 0 Å². The van der Waals surface area contributed by atoms with Gasteiger partial charge in [-0.1, -0.05) is 20.8 Å². The Morgan fingerprint density at radius 1 is 1.44 bits per heavy atom. The van der Waals surface area contributed by atoms with Crippen LogP contribution in [-0.2, 0) is 4.79 Å². The molecule has 2 amide bonds. The van der Waals surface area contributed by atoms with Crippen LogP contribution in [-0.4, -0.2) is 29.7 Å². The Labute approximate surface area is 95.6 Å². The van der Waals surface area contributed by atoms with E-state index in [1.165, 1.54) is 0 Å². The molecule has 90 valence electrons. The molecule has 5 nitrogen and oxygen atoms in total. The molecule has 0 heterocycles. The van der Waals surface area contributed by atoms with Gasteiger partial charge in [0.2, 0.25) is 0 Å². The van der Waals surface area contributed by atoms with Gasteiger partial charge in [0.05, 0.1) is 0 Å². The van der Waals surface area contributed by atoms with Crippen LogP contribution in [0.25, 0.3) is 0 Å². The average Bonchev–Trinajstić information content (AvgIpc) is 2.12. The lowest BCUT2D eigenvalue weighted by molar-refractivity contribution is -0.141. The van der Waals surface area contributed by atoms with Crippen LogP contribution < -0.4 is 10.6 Å². The zero-order valence-electron chi connectivity index (χ0n) is 9.83. The maximum atomic E-state index is 11.3. The minimum atomic E-state index is -1.06. The van der Waals surface area contributed by atoms with E-state index in [0.29, 0.717) is 13.0 Å². The van der Waals surface area contributed by atoms with Crippen molar-refractivity contribution in [2.75, 3.05) is 6.54 Å².